The summed E-state index contributed by atoms with van der Waals surface area (Å²) in [6, 6.07) is 0.380. The van der Waals surface area contributed by atoms with Gasteiger partial charge in [0, 0.05) is 25.7 Å². The molecule has 0 spiro atoms. The highest BCUT2D eigenvalue weighted by molar-refractivity contribution is 4.87. The molecule has 4 atom stereocenters. The van der Waals surface area contributed by atoms with Crippen molar-refractivity contribution in [3.63, 3.8) is 0 Å². The first-order chi connectivity index (χ1) is 8.58. The number of likely N-dealkylation sites (N-methyl/N-ethyl adjacent to an activating group) is 1. The Morgan fingerprint density at radius 1 is 1.22 bits per heavy atom. The Morgan fingerprint density at radius 3 is 2.50 bits per heavy atom. The van der Waals surface area contributed by atoms with E-state index in [0.717, 1.165) is 44.7 Å². The standard InChI is InChI=1S/C15H32N2O/c1-5-17(7-8-18-6-2)11-14-13(4)9-12(3)10-15(14)16/h12-15H,5-11,16H2,1-4H3. The van der Waals surface area contributed by atoms with Gasteiger partial charge in [0.2, 0.25) is 0 Å². The molecule has 1 rings (SSSR count). The number of hydrogen-bond donors (Lipinski definition) is 1. The van der Waals surface area contributed by atoms with Gasteiger partial charge in [0.1, 0.15) is 0 Å². The molecule has 0 aromatic heterocycles. The molecule has 3 nitrogen and oxygen atoms in total. The second-order valence-corrected chi connectivity index (χ2v) is 5.97. The lowest BCUT2D eigenvalue weighted by atomic mass is 9.72. The van der Waals surface area contributed by atoms with Crippen LogP contribution in [0.25, 0.3) is 0 Å². The average molecular weight is 256 g/mol. The van der Waals surface area contributed by atoms with Crippen molar-refractivity contribution in [1.82, 2.24) is 4.90 Å². The summed E-state index contributed by atoms with van der Waals surface area (Å²) in [4.78, 5) is 2.49. The van der Waals surface area contributed by atoms with E-state index in [-0.39, 0.29) is 0 Å². The van der Waals surface area contributed by atoms with Crippen LogP contribution in [0, 0.1) is 17.8 Å². The molecule has 0 heterocycles. The zero-order valence-corrected chi connectivity index (χ0v) is 12.7. The monoisotopic (exact) mass is 256 g/mol. The highest BCUT2D eigenvalue weighted by atomic mass is 16.5. The molecule has 2 N–H and O–H groups in total. The summed E-state index contributed by atoms with van der Waals surface area (Å²) < 4.78 is 5.45. The van der Waals surface area contributed by atoms with Gasteiger partial charge >= 0.3 is 0 Å². The predicted octanol–water partition coefficient (Wildman–Crippen LogP) is 2.35. The van der Waals surface area contributed by atoms with Gasteiger partial charge in [0.15, 0.2) is 0 Å². The molecule has 1 fully saturated rings. The molecule has 0 aromatic carbocycles. The summed E-state index contributed by atoms with van der Waals surface area (Å²) in [6.45, 7) is 13.9. The van der Waals surface area contributed by atoms with Crippen molar-refractivity contribution in [3.8, 4) is 0 Å². The summed E-state index contributed by atoms with van der Waals surface area (Å²) in [6.07, 6.45) is 2.53. The van der Waals surface area contributed by atoms with Crippen LogP contribution in [0.15, 0.2) is 0 Å². The number of rotatable bonds is 7. The van der Waals surface area contributed by atoms with Gasteiger partial charge in [-0.15, -0.1) is 0 Å². The van der Waals surface area contributed by atoms with Crippen molar-refractivity contribution < 1.29 is 4.74 Å². The fraction of sp³-hybridized carbons (Fsp3) is 1.00. The van der Waals surface area contributed by atoms with E-state index < -0.39 is 0 Å². The summed E-state index contributed by atoms with van der Waals surface area (Å²) in [5.74, 6) is 2.21. The van der Waals surface area contributed by atoms with Gasteiger partial charge < -0.3 is 15.4 Å². The van der Waals surface area contributed by atoms with Crippen LogP contribution in [0.2, 0.25) is 0 Å². The van der Waals surface area contributed by atoms with Crippen LogP contribution in [0.5, 0.6) is 0 Å². The average Bonchev–Trinajstić information content (AvgIpc) is 2.31. The van der Waals surface area contributed by atoms with Crippen molar-refractivity contribution in [2.24, 2.45) is 23.5 Å². The van der Waals surface area contributed by atoms with Gasteiger partial charge in [-0.25, -0.2) is 0 Å². The van der Waals surface area contributed by atoms with E-state index in [1.807, 2.05) is 0 Å². The maximum Gasteiger partial charge on any atom is 0.0593 e. The highest BCUT2D eigenvalue weighted by Gasteiger charge is 2.32. The first-order valence-corrected chi connectivity index (χ1v) is 7.64. The normalized spacial score (nSPS) is 33.0. The Balaban J connectivity index is 2.42. The maximum atomic E-state index is 6.36. The van der Waals surface area contributed by atoms with Crippen LogP contribution in [0.1, 0.15) is 40.5 Å². The van der Waals surface area contributed by atoms with E-state index in [1.165, 1.54) is 12.8 Å². The van der Waals surface area contributed by atoms with Crippen molar-refractivity contribution in [2.75, 3.05) is 32.8 Å². The van der Waals surface area contributed by atoms with Crippen LogP contribution >= 0.6 is 0 Å². The van der Waals surface area contributed by atoms with Gasteiger partial charge in [-0.05, 0) is 44.1 Å². The SMILES string of the molecule is CCOCCN(CC)CC1C(C)CC(C)CC1N. The summed E-state index contributed by atoms with van der Waals surface area (Å²) in [5, 5.41) is 0. The van der Waals surface area contributed by atoms with Gasteiger partial charge in [0.25, 0.3) is 0 Å². The maximum absolute atomic E-state index is 6.36. The molecule has 4 unspecified atom stereocenters. The zero-order valence-electron chi connectivity index (χ0n) is 12.7. The second-order valence-electron chi connectivity index (χ2n) is 5.97. The largest absolute Gasteiger partial charge is 0.380 e. The molecule has 1 aliphatic carbocycles. The summed E-state index contributed by atoms with van der Waals surface area (Å²) in [7, 11) is 0. The quantitative estimate of drug-likeness (QED) is 0.711. The van der Waals surface area contributed by atoms with E-state index in [0.29, 0.717) is 12.0 Å². The highest BCUT2D eigenvalue weighted by Crippen LogP contribution is 2.33. The van der Waals surface area contributed by atoms with Crippen molar-refractivity contribution in [3.05, 3.63) is 0 Å². The Kier molecular flexibility index (Phi) is 7.20. The minimum Gasteiger partial charge on any atom is -0.380 e. The van der Waals surface area contributed by atoms with E-state index in [9.17, 15) is 0 Å². The molecular formula is C15H32N2O. The molecule has 0 aromatic rings. The van der Waals surface area contributed by atoms with Crippen LogP contribution in [0.4, 0.5) is 0 Å². The fourth-order valence-corrected chi connectivity index (χ4v) is 3.30. The minimum atomic E-state index is 0.380. The van der Waals surface area contributed by atoms with Crippen LogP contribution in [-0.4, -0.2) is 43.8 Å². The summed E-state index contributed by atoms with van der Waals surface area (Å²) in [5.41, 5.74) is 6.36. The number of ether oxygens (including phenoxy) is 1. The molecule has 0 bridgehead atoms. The Labute approximate surface area is 113 Å². The van der Waals surface area contributed by atoms with E-state index >= 15 is 0 Å². The predicted molar refractivity (Wildman–Crippen MR) is 77.6 cm³/mol. The van der Waals surface area contributed by atoms with Crippen molar-refractivity contribution >= 4 is 0 Å². The van der Waals surface area contributed by atoms with Crippen molar-refractivity contribution in [2.45, 2.75) is 46.6 Å². The van der Waals surface area contributed by atoms with Gasteiger partial charge in [0.05, 0.1) is 6.61 Å². The molecular weight excluding hydrogens is 224 g/mol. The lowest BCUT2D eigenvalue weighted by Crippen LogP contribution is -2.47. The molecule has 1 saturated carbocycles. The third-order valence-electron chi connectivity index (χ3n) is 4.40. The zero-order chi connectivity index (χ0) is 13.5. The van der Waals surface area contributed by atoms with E-state index in [2.05, 4.69) is 32.6 Å². The minimum absolute atomic E-state index is 0.380. The van der Waals surface area contributed by atoms with Crippen molar-refractivity contribution in [1.29, 1.82) is 0 Å². The topological polar surface area (TPSA) is 38.5 Å². The second kappa shape index (κ2) is 8.13. The smallest absolute Gasteiger partial charge is 0.0593 e. The lowest BCUT2D eigenvalue weighted by Gasteiger charge is -2.40. The third kappa shape index (κ3) is 4.87. The Hall–Kier alpha value is -0.120. The molecule has 108 valence electrons. The molecule has 1 aliphatic rings. The first kappa shape index (κ1) is 15.9. The van der Waals surface area contributed by atoms with Gasteiger partial charge in [-0.1, -0.05) is 20.8 Å². The van der Waals surface area contributed by atoms with Crippen LogP contribution in [-0.2, 0) is 4.74 Å². The van der Waals surface area contributed by atoms with E-state index in [4.69, 9.17) is 10.5 Å². The Morgan fingerprint density at radius 2 is 1.94 bits per heavy atom. The van der Waals surface area contributed by atoms with E-state index in [1.54, 1.807) is 0 Å². The molecule has 3 heteroatoms. The summed E-state index contributed by atoms with van der Waals surface area (Å²) >= 11 is 0. The third-order valence-corrected chi connectivity index (χ3v) is 4.40. The Bertz CT molecular complexity index is 211. The van der Waals surface area contributed by atoms with Gasteiger partial charge in [-0.2, -0.15) is 0 Å². The molecule has 0 amide bonds. The lowest BCUT2D eigenvalue weighted by molar-refractivity contribution is 0.0827. The number of nitrogens with zero attached hydrogens (tertiary/aromatic N) is 1. The fourth-order valence-electron chi connectivity index (χ4n) is 3.30. The van der Waals surface area contributed by atoms with Crippen LogP contribution < -0.4 is 5.73 Å². The number of hydrogen-bond acceptors (Lipinski definition) is 3. The molecule has 18 heavy (non-hydrogen) atoms. The van der Waals surface area contributed by atoms with Gasteiger partial charge in [-0.3, -0.25) is 0 Å². The number of nitrogens with two attached hydrogens (primary N) is 1. The van der Waals surface area contributed by atoms with Crippen LogP contribution in [0.3, 0.4) is 0 Å². The first-order valence-electron chi connectivity index (χ1n) is 7.64. The molecule has 0 saturated heterocycles. The molecule has 0 radical (unpaired) electrons. The molecule has 0 aliphatic heterocycles.